The summed E-state index contributed by atoms with van der Waals surface area (Å²) in [6.45, 7) is 1.70. The maximum Gasteiger partial charge on any atom is 0.341 e. The average Bonchev–Trinajstić information content (AvgIpc) is 3.02. The van der Waals surface area contributed by atoms with Crippen LogP contribution in [0.3, 0.4) is 0 Å². The van der Waals surface area contributed by atoms with Crippen LogP contribution in [0.2, 0.25) is 0 Å². The summed E-state index contributed by atoms with van der Waals surface area (Å²) < 4.78 is 29.1. The molecule has 32 heavy (non-hydrogen) atoms. The van der Waals surface area contributed by atoms with Crippen LogP contribution in [0.15, 0.2) is 47.4 Å². The van der Waals surface area contributed by atoms with E-state index in [1.807, 2.05) is 0 Å². The van der Waals surface area contributed by atoms with Crippen molar-refractivity contribution in [1.29, 1.82) is 0 Å². The fraction of sp³-hybridized carbons (Fsp3) is 0.227. The van der Waals surface area contributed by atoms with Crippen molar-refractivity contribution in [1.82, 2.24) is 4.90 Å². The van der Waals surface area contributed by atoms with Crippen LogP contribution in [-0.4, -0.2) is 53.5 Å². The highest BCUT2D eigenvalue weighted by atomic mass is 32.2. The van der Waals surface area contributed by atoms with Crippen molar-refractivity contribution in [2.75, 3.05) is 26.4 Å². The fourth-order valence-electron chi connectivity index (χ4n) is 2.77. The van der Waals surface area contributed by atoms with Gasteiger partial charge in [0.1, 0.15) is 18.2 Å². The molecule has 1 N–H and O–H groups in total. The first kappa shape index (κ1) is 23.1. The molecule has 0 atom stereocenters. The number of carbonyl (C=O) groups is 3. The van der Waals surface area contributed by atoms with Gasteiger partial charge in [-0.1, -0.05) is 6.07 Å². The lowest BCUT2D eigenvalue weighted by molar-refractivity contribution is -0.139. The van der Waals surface area contributed by atoms with E-state index < -0.39 is 23.7 Å². The Labute approximate surface area is 187 Å². The first-order valence-corrected chi connectivity index (χ1v) is 10.4. The summed E-state index contributed by atoms with van der Waals surface area (Å²) in [6, 6.07) is 10.2. The van der Waals surface area contributed by atoms with Gasteiger partial charge < -0.3 is 19.3 Å². The van der Waals surface area contributed by atoms with Crippen molar-refractivity contribution in [3.63, 3.8) is 0 Å². The minimum Gasteiger partial charge on any atom is -0.492 e. The van der Waals surface area contributed by atoms with Crippen LogP contribution in [-0.2, 0) is 9.59 Å². The Kier molecular flexibility index (Phi) is 7.72. The molecule has 1 aliphatic heterocycles. The van der Waals surface area contributed by atoms with Gasteiger partial charge in [-0.05, 0) is 66.7 Å². The van der Waals surface area contributed by atoms with Gasteiger partial charge in [0.05, 0.1) is 18.1 Å². The number of imide groups is 1. The maximum absolute atomic E-state index is 12.9. The normalized spacial score (nSPS) is 14.7. The van der Waals surface area contributed by atoms with Gasteiger partial charge in [-0.3, -0.25) is 14.5 Å². The van der Waals surface area contributed by atoms with Crippen molar-refractivity contribution in [3.8, 4) is 17.2 Å². The van der Waals surface area contributed by atoms with Crippen molar-refractivity contribution in [2.24, 2.45) is 0 Å². The van der Waals surface area contributed by atoms with Gasteiger partial charge >= 0.3 is 5.97 Å². The molecule has 1 saturated heterocycles. The highest BCUT2D eigenvalue weighted by Crippen LogP contribution is 2.34. The zero-order chi connectivity index (χ0) is 23.1. The number of carbonyl (C=O) groups excluding carboxylic acids is 2. The third-order valence-corrected chi connectivity index (χ3v) is 5.09. The Hall–Kier alpha value is -3.53. The molecule has 1 heterocycles. The van der Waals surface area contributed by atoms with Crippen LogP contribution in [0.25, 0.3) is 6.08 Å². The summed E-state index contributed by atoms with van der Waals surface area (Å²) in [7, 11) is 0. The van der Waals surface area contributed by atoms with Crippen LogP contribution >= 0.6 is 11.8 Å². The molecule has 0 aromatic heterocycles. The molecule has 0 aliphatic carbocycles. The quantitative estimate of drug-likeness (QED) is 0.533. The monoisotopic (exact) mass is 461 g/mol. The predicted molar refractivity (Wildman–Crippen MR) is 115 cm³/mol. The largest absolute Gasteiger partial charge is 0.492 e. The number of hydrogen-bond acceptors (Lipinski definition) is 7. The third kappa shape index (κ3) is 6.01. The third-order valence-electron chi connectivity index (χ3n) is 4.19. The summed E-state index contributed by atoms with van der Waals surface area (Å²) in [5.74, 6) is -0.933. The number of rotatable bonds is 10. The van der Waals surface area contributed by atoms with E-state index in [9.17, 15) is 18.8 Å². The molecule has 0 radical (unpaired) electrons. The molecule has 2 amide bonds. The van der Waals surface area contributed by atoms with E-state index in [1.54, 1.807) is 31.2 Å². The average molecular weight is 461 g/mol. The molecular formula is C22H20FNO7S. The van der Waals surface area contributed by atoms with Crippen molar-refractivity contribution < 1.29 is 38.1 Å². The van der Waals surface area contributed by atoms with Crippen LogP contribution in [0.4, 0.5) is 9.18 Å². The number of benzene rings is 2. The molecule has 1 aliphatic rings. The molecule has 2 aromatic carbocycles. The minimum absolute atomic E-state index is 0.0472. The SMILES string of the molecule is CCOc1cc(/C=C2\SC(=O)N(CCOc3ccc(F)cc3)C2=O)ccc1OCC(=O)O. The van der Waals surface area contributed by atoms with E-state index in [0.29, 0.717) is 23.7 Å². The number of carboxylic acid groups (broad SMARTS) is 1. The van der Waals surface area contributed by atoms with E-state index in [0.717, 1.165) is 16.7 Å². The lowest BCUT2D eigenvalue weighted by Gasteiger charge is -2.13. The molecule has 0 saturated carbocycles. The number of aliphatic carboxylic acids is 1. The first-order chi connectivity index (χ1) is 15.4. The molecule has 0 bridgehead atoms. The zero-order valence-corrected chi connectivity index (χ0v) is 17.9. The van der Waals surface area contributed by atoms with E-state index in [2.05, 4.69) is 0 Å². The smallest absolute Gasteiger partial charge is 0.341 e. The van der Waals surface area contributed by atoms with E-state index in [-0.39, 0.29) is 29.6 Å². The number of nitrogens with zero attached hydrogens (tertiary/aromatic N) is 1. The van der Waals surface area contributed by atoms with Crippen LogP contribution in [0, 0.1) is 5.82 Å². The van der Waals surface area contributed by atoms with Gasteiger partial charge in [-0.2, -0.15) is 0 Å². The van der Waals surface area contributed by atoms with Crippen molar-refractivity contribution in [2.45, 2.75) is 6.92 Å². The topological polar surface area (TPSA) is 102 Å². The van der Waals surface area contributed by atoms with E-state index in [4.69, 9.17) is 19.3 Å². The predicted octanol–water partition coefficient (Wildman–Crippen LogP) is 3.80. The highest BCUT2D eigenvalue weighted by molar-refractivity contribution is 8.18. The van der Waals surface area contributed by atoms with Gasteiger partial charge in [0.25, 0.3) is 11.1 Å². The summed E-state index contributed by atoms with van der Waals surface area (Å²) in [6.07, 6.45) is 1.55. The van der Waals surface area contributed by atoms with E-state index >= 15 is 0 Å². The number of carboxylic acids is 1. The second kappa shape index (κ2) is 10.7. The van der Waals surface area contributed by atoms with Crippen LogP contribution in [0.1, 0.15) is 12.5 Å². The molecule has 168 valence electrons. The second-order valence-corrected chi connectivity index (χ2v) is 7.45. The minimum atomic E-state index is -1.12. The maximum atomic E-state index is 12.9. The standard InChI is InChI=1S/C22H20FNO7S/c1-2-29-18-11-14(3-8-17(18)31-13-20(25)26)12-19-21(27)24(22(28)32-19)9-10-30-16-6-4-15(23)5-7-16/h3-8,11-12H,2,9-10,13H2,1H3,(H,25,26)/b19-12-. The molecule has 8 nitrogen and oxygen atoms in total. The van der Waals surface area contributed by atoms with Gasteiger partial charge in [-0.25, -0.2) is 9.18 Å². The Morgan fingerprint density at radius 2 is 1.84 bits per heavy atom. The first-order valence-electron chi connectivity index (χ1n) is 9.62. The van der Waals surface area contributed by atoms with Crippen molar-refractivity contribution in [3.05, 3.63) is 58.8 Å². The fourth-order valence-corrected chi connectivity index (χ4v) is 3.64. The van der Waals surface area contributed by atoms with Gasteiger partial charge in [-0.15, -0.1) is 0 Å². The van der Waals surface area contributed by atoms with Gasteiger partial charge in [0.15, 0.2) is 18.1 Å². The molecule has 0 unspecified atom stereocenters. The number of amides is 2. The Morgan fingerprint density at radius 1 is 1.09 bits per heavy atom. The number of thioether (sulfide) groups is 1. The van der Waals surface area contributed by atoms with Gasteiger partial charge in [0.2, 0.25) is 0 Å². The Morgan fingerprint density at radius 3 is 2.53 bits per heavy atom. The highest BCUT2D eigenvalue weighted by Gasteiger charge is 2.34. The van der Waals surface area contributed by atoms with Crippen LogP contribution in [0.5, 0.6) is 17.2 Å². The lowest BCUT2D eigenvalue weighted by atomic mass is 10.2. The Bertz CT molecular complexity index is 1040. The summed E-state index contributed by atoms with van der Waals surface area (Å²) in [4.78, 5) is 37.0. The number of ether oxygens (including phenoxy) is 3. The molecule has 0 spiro atoms. The molecule has 2 aromatic rings. The summed E-state index contributed by atoms with van der Waals surface area (Å²) in [5.41, 5.74) is 0.587. The molecule has 3 rings (SSSR count). The van der Waals surface area contributed by atoms with Crippen molar-refractivity contribution >= 4 is 35.0 Å². The van der Waals surface area contributed by atoms with E-state index in [1.165, 1.54) is 24.3 Å². The lowest BCUT2D eigenvalue weighted by Crippen LogP contribution is -2.32. The number of hydrogen-bond donors (Lipinski definition) is 1. The van der Waals surface area contributed by atoms with Gasteiger partial charge in [0, 0.05) is 0 Å². The Balaban J connectivity index is 1.67. The molecular weight excluding hydrogens is 441 g/mol. The second-order valence-electron chi connectivity index (χ2n) is 6.46. The zero-order valence-electron chi connectivity index (χ0n) is 17.1. The van der Waals surface area contributed by atoms with Crippen LogP contribution < -0.4 is 14.2 Å². The summed E-state index contributed by atoms with van der Waals surface area (Å²) in [5, 5.41) is 8.36. The molecule has 1 fully saturated rings. The number of halogens is 1. The molecule has 10 heteroatoms. The summed E-state index contributed by atoms with van der Waals surface area (Å²) >= 11 is 0.806.